The largest absolute Gasteiger partial charge is 0.496 e. The van der Waals surface area contributed by atoms with Crippen molar-refractivity contribution in [3.05, 3.63) is 53.0 Å². The molecule has 0 bridgehead atoms. The molecule has 1 N–H and O–H groups in total. The van der Waals surface area contributed by atoms with Crippen LogP contribution in [-0.4, -0.2) is 13.0 Å². The first-order chi connectivity index (χ1) is 9.11. The van der Waals surface area contributed by atoms with Gasteiger partial charge in [-0.1, -0.05) is 18.2 Å². The van der Waals surface area contributed by atoms with Crippen LogP contribution in [0.4, 0.5) is 0 Å². The molecule has 0 fully saturated rings. The zero-order valence-corrected chi connectivity index (χ0v) is 11.3. The lowest BCUT2D eigenvalue weighted by atomic mass is 10.2. The summed E-state index contributed by atoms with van der Waals surface area (Å²) in [5, 5.41) is 2.82. The van der Waals surface area contributed by atoms with Crippen LogP contribution in [0.15, 0.2) is 34.7 Å². The summed E-state index contributed by atoms with van der Waals surface area (Å²) >= 11 is 0. The molecule has 0 aliphatic carbocycles. The summed E-state index contributed by atoms with van der Waals surface area (Å²) in [6.45, 7) is 4.16. The highest BCUT2D eigenvalue weighted by Crippen LogP contribution is 2.17. The first kappa shape index (κ1) is 13.2. The first-order valence-electron chi connectivity index (χ1n) is 6.09. The third kappa shape index (κ3) is 2.96. The van der Waals surface area contributed by atoms with E-state index in [1.807, 2.05) is 38.1 Å². The molecular formula is C15H17NO3. The van der Waals surface area contributed by atoms with E-state index < -0.39 is 0 Å². The van der Waals surface area contributed by atoms with E-state index in [9.17, 15) is 4.79 Å². The Morgan fingerprint density at radius 2 is 2.05 bits per heavy atom. The number of nitrogens with one attached hydrogen (secondary N) is 1. The van der Waals surface area contributed by atoms with Gasteiger partial charge in [0, 0.05) is 12.1 Å². The first-order valence-corrected chi connectivity index (χ1v) is 6.09. The van der Waals surface area contributed by atoms with Crippen molar-refractivity contribution in [2.45, 2.75) is 20.4 Å². The molecule has 0 unspecified atom stereocenters. The molecule has 19 heavy (non-hydrogen) atoms. The average Bonchev–Trinajstić information content (AvgIpc) is 2.76. The van der Waals surface area contributed by atoms with E-state index in [4.69, 9.17) is 9.15 Å². The van der Waals surface area contributed by atoms with E-state index in [1.54, 1.807) is 13.2 Å². The maximum Gasteiger partial charge on any atom is 0.287 e. The minimum absolute atomic E-state index is 0.220. The number of ether oxygens (including phenoxy) is 1. The SMILES string of the molecule is COc1ccccc1CNC(=O)c1cc(C)c(C)o1. The van der Waals surface area contributed by atoms with Crippen LogP contribution < -0.4 is 10.1 Å². The number of para-hydroxylation sites is 1. The maximum atomic E-state index is 11.9. The normalized spacial score (nSPS) is 10.3. The van der Waals surface area contributed by atoms with Crippen LogP contribution in [-0.2, 0) is 6.54 Å². The van der Waals surface area contributed by atoms with Gasteiger partial charge < -0.3 is 14.5 Å². The lowest BCUT2D eigenvalue weighted by Gasteiger charge is -2.08. The van der Waals surface area contributed by atoms with Gasteiger partial charge in [-0.3, -0.25) is 4.79 Å². The zero-order valence-electron chi connectivity index (χ0n) is 11.3. The fraction of sp³-hybridized carbons (Fsp3) is 0.267. The van der Waals surface area contributed by atoms with Gasteiger partial charge in [0.25, 0.3) is 5.91 Å². The van der Waals surface area contributed by atoms with Crippen molar-refractivity contribution in [1.29, 1.82) is 0 Å². The molecule has 0 radical (unpaired) electrons. The lowest BCUT2D eigenvalue weighted by molar-refractivity contribution is 0.0921. The molecule has 0 saturated heterocycles. The van der Waals surface area contributed by atoms with E-state index in [2.05, 4.69) is 5.32 Å². The second-order valence-electron chi connectivity index (χ2n) is 4.34. The van der Waals surface area contributed by atoms with Gasteiger partial charge in [-0.2, -0.15) is 0 Å². The molecule has 2 rings (SSSR count). The summed E-state index contributed by atoms with van der Waals surface area (Å²) in [5.74, 6) is 1.64. The Morgan fingerprint density at radius 1 is 1.32 bits per heavy atom. The Hall–Kier alpha value is -2.23. The summed E-state index contributed by atoms with van der Waals surface area (Å²) in [6.07, 6.45) is 0. The molecule has 0 aliphatic rings. The molecular weight excluding hydrogens is 242 g/mol. The minimum atomic E-state index is -0.220. The summed E-state index contributed by atoms with van der Waals surface area (Å²) in [6, 6.07) is 9.32. The van der Waals surface area contributed by atoms with Crippen LogP contribution in [0.2, 0.25) is 0 Å². The molecule has 1 amide bonds. The van der Waals surface area contributed by atoms with Gasteiger partial charge in [-0.15, -0.1) is 0 Å². The Morgan fingerprint density at radius 3 is 2.68 bits per heavy atom. The van der Waals surface area contributed by atoms with E-state index >= 15 is 0 Å². The van der Waals surface area contributed by atoms with Crippen molar-refractivity contribution >= 4 is 5.91 Å². The van der Waals surface area contributed by atoms with Crippen LogP contribution in [0.5, 0.6) is 5.75 Å². The van der Waals surface area contributed by atoms with Crippen LogP contribution in [0.3, 0.4) is 0 Å². The highest BCUT2D eigenvalue weighted by Gasteiger charge is 2.12. The Labute approximate surface area is 112 Å². The molecule has 0 aliphatic heterocycles. The van der Waals surface area contributed by atoms with Gasteiger partial charge in [0.05, 0.1) is 7.11 Å². The van der Waals surface area contributed by atoms with Crippen LogP contribution >= 0.6 is 0 Å². The van der Waals surface area contributed by atoms with Crippen molar-refractivity contribution in [3.63, 3.8) is 0 Å². The quantitative estimate of drug-likeness (QED) is 0.918. The van der Waals surface area contributed by atoms with Crippen molar-refractivity contribution in [2.24, 2.45) is 0 Å². The van der Waals surface area contributed by atoms with E-state index in [-0.39, 0.29) is 5.91 Å². The standard InChI is InChI=1S/C15H17NO3/c1-10-8-14(19-11(10)2)15(17)16-9-12-6-4-5-7-13(12)18-3/h4-8H,9H2,1-3H3,(H,16,17). The number of amides is 1. The molecule has 1 aromatic carbocycles. The van der Waals surface area contributed by atoms with E-state index in [0.29, 0.717) is 12.3 Å². The number of aryl methyl sites for hydroxylation is 2. The van der Waals surface area contributed by atoms with Crippen LogP contribution in [0.25, 0.3) is 0 Å². The Balaban J connectivity index is 2.04. The third-order valence-electron chi connectivity index (χ3n) is 3.02. The van der Waals surface area contributed by atoms with Crippen molar-refractivity contribution in [3.8, 4) is 5.75 Å². The second-order valence-corrected chi connectivity index (χ2v) is 4.34. The van der Waals surface area contributed by atoms with Crippen molar-refractivity contribution < 1.29 is 13.9 Å². The van der Waals surface area contributed by atoms with Gasteiger partial charge in [-0.05, 0) is 31.5 Å². The Bertz CT molecular complexity index is 567. The maximum absolute atomic E-state index is 11.9. The van der Waals surface area contributed by atoms with Crippen LogP contribution in [0, 0.1) is 13.8 Å². The number of carbonyl (C=O) groups is 1. The van der Waals surface area contributed by atoms with Crippen molar-refractivity contribution in [2.75, 3.05) is 7.11 Å². The van der Waals surface area contributed by atoms with Gasteiger partial charge in [0.2, 0.25) is 0 Å². The predicted molar refractivity (Wildman–Crippen MR) is 72.3 cm³/mol. The van der Waals surface area contributed by atoms with Gasteiger partial charge in [0.1, 0.15) is 11.5 Å². The minimum Gasteiger partial charge on any atom is -0.496 e. The highest BCUT2D eigenvalue weighted by atomic mass is 16.5. The molecule has 1 aromatic heterocycles. The zero-order chi connectivity index (χ0) is 13.8. The fourth-order valence-electron chi connectivity index (χ4n) is 1.80. The molecule has 0 saturated carbocycles. The van der Waals surface area contributed by atoms with E-state index in [1.165, 1.54) is 0 Å². The number of rotatable bonds is 4. The molecule has 0 atom stereocenters. The van der Waals surface area contributed by atoms with Gasteiger partial charge >= 0.3 is 0 Å². The number of hydrogen-bond acceptors (Lipinski definition) is 3. The van der Waals surface area contributed by atoms with Crippen molar-refractivity contribution in [1.82, 2.24) is 5.32 Å². The second kappa shape index (κ2) is 5.61. The Kier molecular flexibility index (Phi) is 3.90. The highest BCUT2D eigenvalue weighted by molar-refractivity contribution is 5.91. The van der Waals surface area contributed by atoms with Crippen LogP contribution in [0.1, 0.15) is 27.4 Å². The average molecular weight is 259 g/mol. The number of carbonyl (C=O) groups excluding carboxylic acids is 1. The number of methoxy groups -OCH3 is 1. The third-order valence-corrected chi connectivity index (χ3v) is 3.02. The number of benzene rings is 1. The predicted octanol–water partition coefficient (Wildman–Crippen LogP) is 2.84. The van der Waals surface area contributed by atoms with Gasteiger partial charge in [-0.25, -0.2) is 0 Å². The molecule has 4 heteroatoms. The summed E-state index contributed by atoms with van der Waals surface area (Å²) in [4.78, 5) is 11.9. The summed E-state index contributed by atoms with van der Waals surface area (Å²) < 4.78 is 10.6. The topological polar surface area (TPSA) is 51.5 Å². The molecule has 100 valence electrons. The smallest absolute Gasteiger partial charge is 0.287 e. The fourth-order valence-corrected chi connectivity index (χ4v) is 1.80. The number of hydrogen-bond donors (Lipinski definition) is 1. The monoisotopic (exact) mass is 259 g/mol. The summed E-state index contributed by atoms with van der Waals surface area (Å²) in [5.41, 5.74) is 1.90. The lowest BCUT2D eigenvalue weighted by Crippen LogP contribution is -2.22. The summed E-state index contributed by atoms with van der Waals surface area (Å²) in [7, 11) is 1.61. The molecule has 2 aromatic rings. The molecule has 0 spiro atoms. The van der Waals surface area contributed by atoms with E-state index in [0.717, 1.165) is 22.6 Å². The number of furan rings is 1. The van der Waals surface area contributed by atoms with Gasteiger partial charge in [0.15, 0.2) is 5.76 Å². The molecule has 4 nitrogen and oxygen atoms in total. The molecule has 1 heterocycles.